The minimum atomic E-state index is 0.392. The number of hydrogen-bond donors (Lipinski definition) is 0. The van der Waals surface area contributed by atoms with E-state index in [0.29, 0.717) is 28.4 Å². The molecule has 0 unspecified atom stereocenters. The third-order valence-electron chi connectivity index (χ3n) is 9.24. The summed E-state index contributed by atoms with van der Waals surface area (Å²) >= 11 is 0. The predicted molar refractivity (Wildman–Crippen MR) is 101 cm³/mol. The van der Waals surface area contributed by atoms with Gasteiger partial charge in [-0.2, -0.15) is 0 Å². The predicted octanol–water partition coefficient (Wildman–Crippen LogP) is 5.42. The number of hydrogen-bond acceptors (Lipinski definition) is 2. The van der Waals surface area contributed by atoms with E-state index in [0.717, 1.165) is 43.6 Å². The summed E-state index contributed by atoms with van der Waals surface area (Å²) < 4.78 is 5.70. The number of rotatable bonds is 2. The maximum atomic E-state index is 12.2. The topological polar surface area (TPSA) is 26.3 Å². The zero-order chi connectivity index (χ0) is 17.8. The number of Topliss-reactive ketones (excluding diaryl/α,β-unsaturated/α-hetero) is 1. The molecule has 0 bridgehead atoms. The van der Waals surface area contributed by atoms with Gasteiger partial charge >= 0.3 is 0 Å². The molecule has 0 heterocycles. The van der Waals surface area contributed by atoms with Crippen LogP contribution in [0.25, 0.3) is 0 Å². The Bertz CT molecular complexity index is 579. The van der Waals surface area contributed by atoms with Crippen molar-refractivity contribution >= 4 is 5.78 Å². The summed E-state index contributed by atoms with van der Waals surface area (Å²) in [6.07, 6.45) is 11.8. The Morgan fingerprint density at radius 3 is 2.68 bits per heavy atom. The Balaban J connectivity index is 1.71. The molecule has 4 fully saturated rings. The highest BCUT2D eigenvalue weighted by Crippen LogP contribution is 2.68. The molecular formula is C23H36O2. The van der Waals surface area contributed by atoms with Crippen LogP contribution in [0.15, 0.2) is 11.6 Å². The number of carbonyl (C=O) groups is 1. The molecule has 4 aliphatic carbocycles. The van der Waals surface area contributed by atoms with Crippen LogP contribution in [0.4, 0.5) is 0 Å². The van der Waals surface area contributed by atoms with Crippen molar-refractivity contribution in [2.75, 3.05) is 13.7 Å². The molecular weight excluding hydrogens is 308 g/mol. The van der Waals surface area contributed by atoms with E-state index < -0.39 is 0 Å². The highest BCUT2D eigenvalue weighted by Gasteiger charge is 2.61. The molecule has 0 saturated heterocycles. The number of fused-ring (bicyclic) bond motifs is 5. The highest BCUT2D eigenvalue weighted by atomic mass is 16.5. The first-order chi connectivity index (χ1) is 11.9. The van der Waals surface area contributed by atoms with Crippen molar-refractivity contribution in [3.8, 4) is 0 Å². The summed E-state index contributed by atoms with van der Waals surface area (Å²) in [4.78, 5) is 12.2. The van der Waals surface area contributed by atoms with Crippen molar-refractivity contribution in [2.24, 2.45) is 40.4 Å². The Morgan fingerprint density at radius 1 is 1.16 bits per heavy atom. The highest BCUT2D eigenvalue weighted by molar-refractivity contribution is 5.79. The summed E-state index contributed by atoms with van der Waals surface area (Å²) in [7, 11) is 1.86. The van der Waals surface area contributed by atoms with Crippen molar-refractivity contribution in [1.82, 2.24) is 0 Å². The summed E-state index contributed by atoms with van der Waals surface area (Å²) in [5.74, 6) is 4.18. The number of allylic oxidation sites excluding steroid dienone is 2. The molecule has 4 rings (SSSR count). The van der Waals surface area contributed by atoms with Gasteiger partial charge in [0.25, 0.3) is 0 Å². The van der Waals surface area contributed by atoms with Crippen LogP contribution in [-0.2, 0) is 9.53 Å². The molecule has 140 valence electrons. The summed E-state index contributed by atoms with van der Waals surface area (Å²) in [6, 6.07) is 0. The van der Waals surface area contributed by atoms with Crippen LogP contribution >= 0.6 is 0 Å². The van der Waals surface area contributed by atoms with Gasteiger partial charge in [-0.15, -0.1) is 0 Å². The van der Waals surface area contributed by atoms with Crippen molar-refractivity contribution in [3.05, 3.63) is 11.6 Å². The number of carbonyl (C=O) groups excluding carboxylic acids is 1. The third-order valence-corrected chi connectivity index (χ3v) is 9.24. The maximum Gasteiger partial charge on any atom is 0.133 e. The van der Waals surface area contributed by atoms with E-state index in [1.165, 1.54) is 32.1 Å². The largest absolute Gasteiger partial charge is 0.384 e. The standard InChI is InChI=1S/C23H36O2/c1-5-16-6-7-19-21-15(14-25-4)12-17-13-18(24)8-10-23(17,3)20(21)9-11-22(16,19)2/h5,15,17,19-21H,6-14H2,1-4H3/b16-5-/t15-,17+,19+,20+,21+,22-,23+/m1/s1. The average Bonchev–Trinajstić information content (AvgIpc) is 2.93. The fourth-order valence-corrected chi connectivity index (χ4v) is 7.92. The lowest BCUT2D eigenvalue weighted by molar-refractivity contribution is -0.151. The van der Waals surface area contributed by atoms with E-state index in [-0.39, 0.29) is 0 Å². The Morgan fingerprint density at radius 2 is 1.96 bits per heavy atom. The van der Waals surface area contributed by atoms with Gasteiger partial charge in [-0.05, 0) is 85.9 Å². The van der Waals surface area contributed by atoms with Crippen LogP contribution in [0.5, 0.6) is 0 Å². The van der Waals surface area contributed by atoms with Crippen LogP contribution in [0.2, 0.25) is 0 Å². The third kappa shape index (κ3) is 2.50. The van der Waals surface area contributed by atoms with Crippen molar-refractivity contribution < 1.29 is 9.53 Å². The molecule has 2 nitrogen and oxygen atoms in total. The zero-order valence-electron chi connectivity index (χ0n) is 16.6. The lowest BCUT2D eigenvalue weighted by atomic mass is 9.43. The quantitative estimate of drug-likeness (QED) is 0.625. The van der Waals surface area contributed by atoms with Gasteiger partial charge in [0.2, 0.25) is 0 Å². The lowest BCUT2D eigenvalue weighted by Gasteiger charge is -2.62. The smallest absolute Gasteiger partial charge is 0.133 e. The van der Waals surface area contributed by atoms with Gasteiger partial charge in [-0.25, -0.2) is 0 Å². The van der Waals surface area contributed by atoms with E-state index in [4.69, 9.17) is 4.74 Å². The van der Waals surface area contributed by atoms with E-state index in [1.807, 2.05) is 7.11 Å². The van der Waals surface area contributed by atoms with Gasteiger partial charge in [0.05, 0.1) is 0 Å². The number of methoxy groups -OCH3 is 1. The molecule has 25 heavy (non-hydrogen) atoms. The molecule has 0 aromatic rings. The second-order valence-electron chi connectivity index (χ2n) is 10.00. The Hall–Kier alpha value is -0.630. The molecule has 0 spiro atoms. The van der Waals surface area contributed by atoms with Crippen molar-refractivity contribution in [3.63, 3.8) is 0 Å². The SMILES string of the molecule is C/C=C1/CC[C@H]2[C@@H]3[C@@H](COC)C[C@H]4CC(=O)CC[C@]4(C)[C@H]3CC[C@]12C. The first-order valence-corrected chi connectivity index (χ1v) is 10.6. The van der Waals surface area contributed by atoms with Crippen LogP contribution in [0, 0.1) is 40.4 Å². The monoisotopic (exact) mass is 344 g/mol. The number of ether oxygens (including phenoxy) is 1. The van der Waals surface area contributed by atoms with Crippen LogP contribution < -0.4 is 0 Å². The first-order valence-electron chi connectivity index (χ1n) is 10.6. The zero-order valence-corrected chi connectivity index (χ0v) is 16.6. The van der Waals surface area contributed by atoms with Crippen LogP contribution in [0.1, 0.15) is 72.1 Å². The molecule has 4 saturated carbocycles. The molecule has 0 aromatic heterocycles. The molecule has 0 aliphatic heterocycles. The van der Waals surface area contributed by atoms with E-state index >= 15 is 0 Å². The van der Waals surface area contributed by atoms with Gasteiger partial charge in [-0.3, -0.25) is 4.79 Å². The molecule has 2 heteroatoms. The van der Waals surface area contributed by atoms with Gasteiger partial charge in [0.15, 0.2) is 0 Å². The Kier molecular flexibility index (Phi) is 4.42. The van der Waals surface area contributed by atoms with Gasteiger partial charge in [0, 0.05) is 26.6 Å². The lowest BCUT2D eigenvalue weighted by Crippen LogP contribution is -2.56. The fraction of sp³-hybridized carbons (Fsp3) is 0.870. The van der Waals surface area contributed by atoms with Gasteiger partial charge in [0.1, 0.15) is 5.78 Å². The molecule has 0 amide bonds. The van der Waals surface area contributed by atoms with Crippen LogP contribution in [-0.4, -0.2) is 19.5 Å². The van der Waals surface area contributed by atoms with E-state index in [9.17, 15) is 4.79 Å². The second kappa shape index (κ2) is 6.22. The average molecular weight is 345 g/mol. The van der Waals surface area contributed by atoms with Gasteiger partial charge in [-0.1, -0.05) is 25.5 Å². The van der Waals surface area contributed by atoms with Gasteiger partial charge < -0.3 is 4.74 Å². The minimum Gasteiger partial charge on any atom is -0.384 e. The van der Waals surface area contributed by atoms with Crippen molar-refractivity contribution in [1.29, 1.82) is 0 Å². The molecule has 0 radical (unpaired) electrons. The molecule has 7 atom stereocenters. The van der Waals surface area contributed by atoms with E-state index in [2.05, 4.69) is 26.8 Å². The fourth-order valence-electron chi connectivity index (χ4n) is 7.92. The summed E-state index contributed by atoms with van der Waals surface area (Å²) in [5.41, 5.74) is 2.54. The summed E-state index contributed by atoms with van der Waals surface area (Å²) in [6.45, 7) is 8.23. The minimum absolute atomic E-state index is 0.392. The maximum absolute atomic E-state index is 12.2. The Labute approximate surface area is 153 Å². The molecule has 0 N–H and O–H groups in total. The van der Waals surface area contributed by atoms with Crippen LogP contribution in [0.3, 0.4) is 0 Å². The second-order valence-corrected chi connectivity index (χ2v) is 10.00. The number of ketones is 1. The normalized spacial score (nSPS) is 51.1. The summed E-state index contributed by atoms with van der Waals surface area (Å²) in [5, 5.41) is 0. The van der Waals surface area contributed by atoms with Crippen molar-refractivity contribution in [2.45, 2.75) is 72.1 Å². The molecule has 0 aromatic carbocycles. The first kappa shape index (κ1) is 17.8. The molecule has 4 aliphatic rings. The van der Waals surface area contributed by atoms with E-state index in [1.54, 1.807) is 5.57 Å².